The predicted octanol–water partition coefficient (Wildman–Crippen LogP) is 0.766. The van der Waals surface area contributed by atoms with Crippen LogP contribution in [-0.4, -0.2) is 22.5 Å². The van der Waals surface area contributed by atoms with Crippen LogP contribution >= 0.6 is 0 Å². The van der Waals surface area contributed by atoms with Gasteiger partial charge in [0.2, 0.25) is 0 Å². The molecule has 0 aliphatic rings. The van der Waals surface area contributed by atoms with Crippen molar-refractivity contribution in [3.63, 3.8) is 0 Å². The van der Waals surface area contributed by atoms with Crippen LogP contribution in [0.2, 0.25) is 0 Å². The molecule has 0 fully saturated rings. The summed E-state index contributed by atoms with van der Waals surface area (Å²) in [7, 11) is -0.311. The first-order valence-corrected chi connectivity index (χ1v) is 5.10. The molecule has 1 rings (SSSR count). The van der Waals surface area contributed by atoms with Crippen molar-refractivity contribution in [1.29, 1.82) is 0 Å². The van der Waals surface area contributed by atoms with Crippen molar-refractivity contribution < 1.29 is 18.8 Å². The first-order valence-electron chi connectivity index (χ1n) is 3.88. The molecular formula is C8H10N2O4S. The lowest BCUT2D eigenvalue weighted by molar-refractivity contribution is 0.209. The highest BCUT2D eigenvalue weighted by Gasteiger charge is 2.09. The van der Waals surface area contributed by atoms with Gasteiger partial charge in [-0.2, -0.15) is 0 Å². The van der Waals surface area contributed by atoms with Gasteiger partial charge in [-0.25, -0.2) is 14.1 Å². The lowest BCUT2D eigenvalue weighted by Crippen LogP contribution is -2.09. The van der Waals surface area contributed by atoms with E-state index in [2.05, 4.69) is 5.32 Å². The van der Waals surface area contributed by atoms with Crippen LogP contribution in [0.1, 0.15) is 0 Å². The van der Waals surface area contributed by atoms with E-state index in [0.29, 0.717) is 5.75 Å². The summed E-state index contributed by atoms with van der Waals surface area (Å²) in [6, 6.07) is 4.34. The Morgan fingerprint density at radius 2 is 2.27 bits per heavy atom. The molecule has 0 heterocycles. The van der Waals surface area contributed by atoms with Gasteiger partial charge in [-0.05, 0) is 18.2 Å². The van der Waals surface area contributed by atoms with E-state index in [0.717, 1.165) is 0 Å². The molecule has 0 aromatic heterocycles. The summed E-state index contributed by atoms with van der Waals surface area (Å²) in [5.74, 6) is 0.353. The number of amides is 1. The Morgan fingerprint density at radius 3 is 2.73 bits per heavy atom. The van der Waals surface area contributed by atoms with Gasteiger partial charge in [-0.1, -0.05) is 0 Å². The molecule has 0 radical (unpaired) electrons. The van der Waals surface area contributed by atoms with Gasteiger partial charge in [-0.15, -0.1) is 0 Å². The molecule has 4 N–H and O–H groups in total. The lowest BCUT2D eigenvalue weighted by atomic mass is 10.3. The van der Waals surface area contributed by atoms with Crippen molar-refractivity contribution in [1.82, 2.24) is 0 Å². The van der Waals surface area contributed by atoms with Gasteiger partial charge in [0.25, 0.3) is 0 Å². The quantitative estimate of drug-likeness (QED) is 0.713. The fraction of sp³-hybridized carbons (Fsp3) is 0.125. The van der Waals surface area contributed by atoms with Crippen LogP contribution in [0.15, 0.2) is 23.1 Å². The number of anilines is 1. The summed E-state index contributed by atoms with van der Waals surface area (Å²) in [5.41, 5.74) is 0.289. The molecule has 1 amide bonds. The first-order chi connectivity index (χ1) is 7.04. The molecule has 6 nitrogen and oxygen atoms in total. The Hall–Kier alpha value is -1.60. The minimum absolute atomic E-state index is 0.240. The third kappa shape index (κ3) is 2.93. The van der Waals surface area contributed by atoms with E-state index in [1.54, 1.807) is 0 Å². The Kier molecular flexibility index (Phi) is 3.64. The number of carbonyl (C=O) groups is 1. The summed E-state index contributed by atoms with van der Waals surface area (Å²) in [5, 5.41) is 15.8. The van der Waals surface area contributed by atoms with Crippen LogP contribution in [0, 0.1) is 0 Å². The Balaban J connectivity index is 3.10. The smallest absolute Gasteiger partial charge is 0.409 e. The Morgan fingerprint density at radius 1 is 1.60 bits per heavy atom. The van der Waals surface area contributed by atoms with Gasteiger partial charge in [0.15, 0.2) is 0 Å². The maximum absolute atomic E-state index is 11.1. The molecule has 0 saturated carbocycles. The van der Waals surface area contributed by atoms with Gasteiger partial charge in [0.05, 0.1) is 12.0 Å². The predicted molar refractivity (Wildman–Crippen MR) is 55.2 cm³/mol. The van der Waals surface area contributed by atoms with Crippen LogP contribution in [0.25, 0.3) is 0 Å². The average molecular weight is 230 g/mol. The molecule has 1 atom stereocenters. The van der Waals surface area contributed by atoms with Crippen LogP contribution in [-0.2, 0) is 11.0 Å². The monoisotopic (exact) mass is 230 g/mol. The zero-order valence-electron chi connectivity index (χ0n) is 7.89. The number of nitrogens with one attached hydrogen (secondary N) is 1. The van der Waals surface area contributed by atoms with Crippen LogP contribution in [0.4, 0.5) is 10.5 Å². The van der Waals surface area contributed by atoms with E-state index in [9.17, 15) is 9.00 Å². The van der Waals surface area contributed by atoms with E-state index < -0.39 is 17.1 Å². The van der Waals surface area contributed by atoms with Gasteiger partial charge in [-0.3, -0.25) is 5.32 Å². The van der Waals surface area contributed by atoms with Gasteiger partial charge in [0.1, 0.15) is 16.7 Å². The normalized spacial score (nSPS) is 11.9. The summed E-state index contributed by atoms with van der Waals surface area (Å²) >= 11 is 0. The fourth-order valence-electron chi connectivity index (χ4n) is 1.04. The number of hydrogen-bond donors (Lipinski definition) is 3. The number of rotatable bonds is 3. The molecule has 0 bridgehead atoms. The van der Waals surface area contributed by atoms with E-state index in [-0.39, 0.29) is 10.6 Å². The zero-order valence-corrected chi connectivity index (χ0v) is 8.71. The molecule has 0 spiro atoms. The van der Waals surface area contributed by atoms with Gasteiger partial charge < -0.3 is 9.84 Å². The molecule has 0 aliphatic carbocycles. The van der Waals surface area contributed by atoms with E-state index in [1.165, 1.54) is 25.3 Å². The third-order valence-corrected chi connectivity index (χ3v) is 2.38. The molecule has 0 aliphatic heterocycles. The molecule has 0 saturated heterocycles. The Labute approximate surface area is 88.6 Å². The molecule has 82 valence electrons. The second-order valence-corrected chi connectivity index (χ2v) is 3.63. The number of ether oxygens (including phenoxy) is 1. The van der Waals surface area contributed by atoms with Gasteiger partial charge >= 0.3 is 6.09 Å². The standard InChI is InChI=1S/C8H10N2O4S/c1-14-6-3-2-5(10-8(11)12)4-7(6)15(9)13/h2-4,10H,9H2,1H3,(H,11,12). The largest absolute Gasteiger partial charge is 0.495 e. The first kappa shape index (κ1) is 11.5. The minimum atomic E-state index is -1.72. The average Bonchev–Trinajstić information content (AvgIpc) is 2.16. The van der Waals surface area contributed by atoms with Crippen molar-refractivity contribution in [3.8, 4) is 5.75 Å². The number of nitrogens with two attached hydrogens (primary N) is 1. The lowest BCUT2D eigenvalue weighted by Gasteiger charge is -2.07. The topological polar surface area (TPSA) is 102 Å². The van der Waals surface area contributed by atoms with Crippen molar-refractivity contribution in [2.45, 2.75) is 4.90 Å². The van der Waals surface area contributed by atoms with Crippen LogP contribution in [0.3, 0.4) is 0 Å². The molecule has 15 heavy (non-hydrogen) atoms. The van der Waals surface area contributed by atoms with Crippen LogP contribution < -0.4 is 15.2 Å². The molecular weight excluding hydrogens is 220 g/mol. The summed E-state index contributed by atoms with van der Waals surface area (Å²) in [6.45, 7) is 0. The number of carboxylic acid groups (broad SMARTS) is 1. The number of hydrogen-bond acceptors (Lipinski definition) is 3. The van der Waals surface area contributed by atoms with Gasteiger partial charge in [0, 0.05) is 5.69 Å². The molecule has 1 aromatic carbocycles. The van der Waals surface area contributed by atoms with E-state index in [4.69, 9.17) is 15.0 Å². The van der Waals surface area contributed by atoms with E-state index in [1.807, 2.05) is 0 Å². The minimum Gasteiger partial charge on any atom is -0.495 e. The van der Waals surface area contributed by atoms with Crippen molar-refractivity contribution in [2.24, 2.45) is 5.14 Å². The summed E-state index contributed by atoms with van der Waals surface area (Å²) in [6.07, 6.45) is -1.20. The van der Waals surface area contributed by atoms with Crippen molar-refractivity contribution in [2.75, 3.05) is 12.4 Å². The number of methoxy groups -OCH3 is 1. The highest BCUT2D eigenvalue weighted by atomic mass is 32.2. The Bertz CT molecular complexity index is 408. The third-order valence-electron chi connectivity index (χ3n) is 1.63. The van der Waals surface area contributed by atoms with Crippen LogP contribution in [0.5, 0.6) is 5.75 Å². The summed E-state index contributed by atoms with van der Waals surface area (Å²) < 4.78 is 16.0. The molecule has 7 heteroatoms. The fourth-order valence-corrected chi connectivity index (χ4v) is 1.63. The number of benzene rings is 1. The maximum Gasteiger partial charge on any atom is 0.409 e. The second-order valence-electron chi connectivity index (χ2n) is 2.59. The van der Waals surface area contributed by atoms with E-state index >= 15 is 0 Å². The molecule has 1 unspecified atom stereocenters. The maximum atomic E-state index is 11.1. The second kappa shape index (κ2) is 4.76. The highest BCUT2D eigenvalue weighted by Crippen LogP contribution is 2.24. The molecule has 1 aromatic rings. The van der Waals surface area contributed by atoms with Crippen molar-refractivity contribution in [3.05, 3.63) is 18.2 Å². The SMILES string of the molecule is COc1ccc(NC(=O)O)cc1S(N)=O. The zero-order chi connectivity index (χ0) is 11.4. The van der Waals surface area contributed by atoms with Crippen molar-refractivity contribution >= 4 is 22.8 Å². The summed E-state index contributed by atoms with van der Waals surface area (Å²) in [4.78, 5) is 10.6. The highest BCUT2D eigenvalue weighted by molar-refractivity contribution is 7.82.